The summed E-state index contributed by atoms with van der Waals surface area (Å²) in [6, 6.07) is 1.84. The minimum atomic E-state index is 0.115. The third-order valence-electron chi connectivity index (χ3n) is 4.45. The molecule has 1 atom stereocenters. The van der Waals surface area contributed by atoms with Gasteiger partial charge >= 0.3 is 0 Å². The van der Waals surface area contributed by atoms with Crippen molar-refractivity contribution < 1.29 is 14.3 Å². The lowest BCUT2D eigenvalue weighted by atomic mass is 10.1. The minimum absolute atomic E-state index is 0.115. The molecule has 2 fully saturated rings. The molecular formula is C17H26N4O3. The normalized spacial score (nSPS) is 21.2. The molecule has 0 bridgehead atoms. The van der Waals surface area contributed by atoms with Crippen molar-refractivity contribution in [1.29, 1.82) is 0 Å². The molecule has 3 heterocycles. The summed E-state index contributed by atoms with van der Waals surface area (Å²) in [4.78, 5) is 25.4. The molecule has 2 aliphatic heterocycles. The highest BCUT2D eigenvalue weighted by atomic mass is 16.5. The predicted octanol–water partition coefficient (Wildman–Crippen LogP) is 1.40. The Morgan fingerprint density at radius 3 is 2.79 bits per heavy atom. The van der Waals surface area contributed by atoms with Gasteiger partial charge in [0.25, 0.3) is 0 Å². The Hall–Kier alpha value is -1.89. The average Bonchev–Trinajstić information content (AvgIpc) is 3.08. The molecule has 2 aliphatic rings. The number of rotatable bonds is 5. The largest absolute Gasteiger partial charge is 0.478 e. The third kappa shape index (κ3) is 4.14. The summed E-state index contributed by atoms with van der Waals surface area (Å²) in [5.41, 5.74) is 0.889. The number of anilines is 1. The Bertz CT molecular complexity index is 567. The lowest BCUT2D eigenvalue weighted by Crippen LogP contribution is -2.49. The zero-order valence-corrected chi connectivity index (χ0v) is 14.5. The van der Waals surface area contributed by atoms with Crippen molar-refractivity contribution in [1.82, 2.24) is 14.9 Å². The summed E-state index contributed by atoms with van der Waals surface area (Å²) < 4.78 is 11.1. The summed E-state index contributed by atoms with van der Waals surface area (Å²) in [6.45, 7) is 8.14. The molecule has 0 radical (unpaired) electrons. The van der Waals surface area contributed by atoms with E-state index in [9.17, 15) is 4.79 Å². The van der Waals surface area contributed by atoms with E-state index in [0.29, 0.717) is 37.9 Å². The standard InChI is InChI=1S/C17H26N4O3/c1-3-23-15-11-13(2)18-17(19-15)21-8-6-20(7-9-21)16(22)12-14-5-4-10-24-14/h11,14H,3-10,12H2,1-2H3/t14-/m1/s1. The second kappa shape index (κ2) is 7.79. The van der Waals surface area contributed by atoms with Crippen molar-refractivity contribution in [3.8, 4) is 5.88 Å². The molecule has 0 spiro atoms. The quantitative estimate of drug-likeness (QED) is 0.811. The van der Waals surface area contributed by atoms with Crippen molar-refractivity contribution in [2.45, 2.75) is 39.2 Å². The Labute approximate surface area is 143 Å². The molecule has 0 saturated carbocycles. The number of hydrogen-bond donors (Lipinski definition) is 0. The van der Waals surface area contributed by atoms with Gasteiger partial charge in [0.05, 0.1) is 19.1 Å². The van der Waals surface area contributed by atoms with E-state index in [1.165, 1.54) is 0 Å². The third-order valence-corrected chi connectivity index (χ3v) is 4.45. The highest BCUT2D eigenvalue weighted by molar-refractivity contribution is 5.77. The number of aromatic nitrogens is 2. The van der Waals surface area contributed by atoms with E-state index in [-0.39, 0.29) is 12.0 Å². The summed E-state index contributed by atoms with van der Waals surface area (Å²) in [5, 5.41) is 0. The number of nitrogens with zero attached hydrogens (tertiary/aromatic N) is 4. The first-order valence-electron chi connectivity index (χ1n) is 8.78. The van der Waals surface area contributed by atoms with Gasteiger partial charge < -0.3 is 19.3 Å². The highest BCUT2D eigenvalue weighted by Crippen LogP contribution is 2.19. The second-order valence-electron chi connectivity index (χ2n) is 6.29. The van der Waals surface area contributed by atoms with E-state index in [4.69, 9.17) is 9.47 Å². The monoisotopic (exact) mass is 334 g/mol. The number of hydrogen-bond acceptors (Lipinski definition) is 6. The highest BCUT2D eigenvalue weighted by Gasteiger charge is 2.26. The maximum atomic E-state index is 12.4. The molecule has 1 aromatic heterocycles. The summed E-state index contributed by atoms with van der Waals surface area (Å²) >= 11 is 0. The van der Waals surface area contributed by atoms with Gasteiger partial charge in [0.2, 0.25) is 17.7 Å². The number of ether oxygens (including phenoxy) is 2. The minimum Gasteiger partial charge on any atom is -0.478 e. The van der Waals surface area contributed by atoms with Crippen molar-refractivity contribution in [3.05, 3.63) is 11.8 Å². The molecule has 0 aliphatic carbocycles. The van der Waals surface area contributed by atoms with Gasteiger partial charge in [-0.2, -0.15) is 4.98 Å². The summed E-state index contributed by atoms with van der Waals surface area (Å²) in [6.07, 6.45) is 2.70. The summed E-state index contributed by atoms with van der Waals surface area (Å²) in [7, 11) is 0. The van der Waals surface area contributed by atoms with Gasteiger partial charge in [-0.15, -0.1) is 0 Å². The van der Waals surface area contributed by atoms with E-state index in [0.717, 1.165) is 38.2 Å². The van der Waals surface area contributed by atoms with Gasteiger partial charge in [-0.05, 0) is 26.7 Å². The molecule has 0 aromatic carbocycles. The van der Waals surface area contributed by atoms with Gasteiger partial charge in [-0.25, -0.2) is 4.98 Å². The zero-order valence-electron chi connectivity index (χ0n) is 14.5. The van der Waals surface area contributed by atoms with Crippen LogP contribution in [0.1, 0.15) is 31.9 Å². The van der Waals surface area contributed by atoms with Crippen molar-refractivity contribution >= 4 is 11.9 Å². The Morgan fingerprint density at radius 2 is 2.12 bits per heavy atom. The maximum absolute atomic E-state index is 12.4. The van der Waals surface area contributed by atoms with E-state index < -0.39 is 0 Å². The molecular weight excluding hydrogens is 308 g/mol. The molecule has 7 heteroatoms. The number of carbonyl (C=O) groups excluding carboxylic acids is 1. The first-order valence-corrected chi connectivity index (χ1v) is 8.78. The van der Waals surface area contributed by atoms with Crippen LogP contribution >= 0.6 is 0 Å². The molecule has 2 saturated heterocycles. The molecule has 0 N–H and O–H groups in total. The Kier molecular flexibility index (Phi) is 5.50. The van der Waals surface area contributed by atoms with E-state index in [2.05, 4.69) is 14.9 Å². The fraction of sp³-hybridized carbons (Fsp3) is 0.706. The van der Waals surface area contributed by atoms with E-state index in [1.54, 1.807) is 0 Å². The van der Waals surface area contributed by atoms with Crippen LogP contribution in [0.25, 0.3) is 0 Å². The van der Waals surface area contributed by atoms with Gasteiger partial charge in [0, 0.05) is 44.5 Å². The van der Waals surface area contributed by atoms with Crippen LogP contribution in [0.2, 0.25) is 0 Å². The Morgan fingerprint density at radius 1 is 1.33 bits per heavy atom. The van der Waals surface area contributed by atoms with E-state index in [1.807, 2.05) is 24.8 Å². The van der Waals surface area contributed by atoms with Gasteiger partial charge in [0.15, 0.2) is 0 Å². The average molecular weight is 334 g/mol. The predicted molar refractivity (Wildman–Crippen MR) is 90.3 cm³/mol. The van der Waals surface area contributed by atoms with Crippen LogP contribution in [0.3, 0.4) is 0 Å². The SMILES string of the molecule is CCOc1cc(C)nc(N2CCN(C(=O)C[C@H]3CCCO3)CC2)n1. The van der Waals surface area contributed by atoms with Gasteiger partial charge in [-0.3, -0.25) is 4.79 Å². The molecule has 132 valence electrons. The topological polar surface area (TPSA) is 67.8 Å². The number of piperazine rings is 1. The Balaban J connectivity index is 1.55. The fourth-order valence-corrected chi connectivity index (χ4v) is 3.17. The summed E-state index contributed by atoms with van der Waals surface area (Å²) in [5.74, 6) is 1.49. The van der Waals surface area contributed by atoms with Crippen molar-refractivity contribution in [2.24, 2.45) is 0 Å². The number of amides is 1. The van der Waals surface area contributed by atoms with Crippen molar-refractivity contribution in [3.63, 3.8) is 0 Å². The lowest BCUT2D eigenvalue weighted by molar-refractivity contribution is -0.133. The molecule has 3 rings (SSSR count). The molecule has 7 nitrogen and oxygen atoms in total. The zero-order chi connectivity index (χ0) is 16.9. The van der Waals surface area contributed by atoms with E-state index >= 15 is 0 Å². The van der Waals surface area contributed by atoms with Crippen LogP contribution in [-0.2, 0) is 9.53 Å². The maximum Gasteiger partial charge on any atom is 0.228 e. The fourth-order valence-electron chi connectivity index (χ4n) is 3.17. The van der Waals surface area contributed by atoms with Gasteiger partial charge in [-0.1, -0.05) is 0 Å². The van der Waals surface area contributed by atoms with Gasteiger partial charge in [0.1, 0.15) is 0 Å². The first kappa shape index (κ1) is 17.0. The smallest absolute Gasteiger partial charge is 0.228 e. The van der Waals surface area contributed by atoms with Crippen LogP contribution in [0.15, 0.2) is 6.07 Å². The van der Waals surface area contributed by atoms with Crippen LogP contribution in [0.4, 0.5) is 5.95 Å². The van der Waals surface area contributed by atoms with Crippen molar-refractivity contribution in [2.75, 3.05) is 44.3 Å². The molecule has 1 amide bonds. The first-order chi connectivity index (χ1) is 11.7. The second-order valence-corrected chi connectivity index (χ2v) is 6.29. The molecule has 1 aromatic rings. The lowest BCUT2D eigenvalue weighted by Gasteiger charge is -2.35. The van der Waals surface area contributed by atoms with Crippen LogP contribution in [0, 0.1) is 6.92 Å². The molecule has 24 heavy (non-hydrogen) atoms. The van der Waals surface area contributed by atoms with Crippen LogP contribution < -0.4 is 9.64 Å². The van der Waals surface area contributed by atoms with Crippen LogP contribution in [-0.4, -0.2) is 66.3 Å². The number of aryl methyl sites for hydroxylation is 1. The number of carbonyl (C=O) groups is 1. The van der Waals surface area contributed by atoms with Crippen LogP contribution in [0.5, 0.6) is 5.88 Å². The molecule has 0 unspecified atom stereocenters.